The van der Waals surface area contributed by atoms with Gasteiger partial charge in [0.1, 0.15) is 5.92 Å². The molecule has 0 saturated carbocycles. The number of ether oxygens (including phenoxy) is 1. The van der Waals surface area contributed by atoms with E-state index in [4.69, 9.17) is 10.5 Å². The van der Waals surface area contributed by atoms with Crippen molar-refractivity contribution >= 4 is 23.4 Å². The molecule has 1 aromatic carbocycles. The molecule has 2 atom stereocenters. The van der Waals surface area contributed by atoms with Crippen LogP contribution in [0.3, 0.4) is 0 Å². The molecular formula is C16H16N4O3. The van der Waals surface area contributed by atoms with Gasteiger partial charge >= 0.3 is 5.97 Å². The van der Waals surface area contributed by atoms with Crippen molar-refractivity contribution in [2.45, 2.75) is 12.8 Å². The predicted molar refractivity (Wildman–Crippen MR) is 85.8 cm³/mol. The Morgan fingerprint density at radius 3 is 2.65 bits per heavy atom. The van der Waals surface area contributed by atoms with Crippen LogP contribution in [0.2, 0.25) is 0 Å². The van der Waals surface area contributed by atoms with Crippen molar-refractivity contribution in [2.24, 2.45) is 10.9 Å². The van der Waals surface area contributed by atoms with Gasteiger partial charge in [-0.2, -0.15) is 4.98 Å². The van der Waals surface area contributed by atoms with Gasteiger partial charge < -0.3 is 10.5 Å². The Balaban J connectivity index is 2.29. The van der Waals surface area contributed by atoms with Gasteiger partial charge in [-0.3, -0.25) is 14.6 Å². The van der Waals surface area contributed by atoms with E-state index in [1.54, 1.807) is 6.92 Å². The SMILES string of the molecule is COC(=O)C1C(C)=Nc2nc(N)[nH]c(=O)c2C1c1ccccc1. The number of hydrogen-bond donors (Lipinski definition) is 2. The first kappa shape index (κ1) is 15.0. The number of H-pyrrole nitrogens is 1. The van der Waals surface area contributed by atoms with Crippen molar-refractivity contribution < 1.29 is 9.53 Å². The molecule has 7 nitrogen and oxygen atoms in total. The van der Waals surface area contributed by atoms with E-state index in [1.807, 2.05) is 30.3 Å². The molecule has 0 amide bonds. The molecule has 3 rings (SSSR count). The van der Waals surface area contributed by atoms with E-state index < -0.39 is 23.4 Å². The molecule has 1 aliphatic rings. The number of carbonyl (C=O) groups excluding carboxylic acids is 1. The monoisotopic (exact) mass is 312 g/mol. The molecule has 118 valence electrons. The average Bonchev–Trinajstić information content (AvgIpc) is 2.53. The lowest BCUT2D eigenvalue weighted by atomic mass is 9.77. The van der Waals surface area contributed by atoms with Crippen LogP contribution >= 0.6 is 0 Å². The first-order valence-electron chi connectivity index (χ1n) is 7.10. The van der Waals surface area contributed by atoms with Crippen molar-refractivity contribution in [3.63, 3.8) is 0 Å². The fourth-order valence-electron chi connectivity index (χ4n) is 2.95. The standard InChI is InChI=1S/C16H16N4O3/c1-8-10(15(22)23-2)11(9-6-4-3-5-7-9)12-13(18-8)19-16(17)20-14(12)21/h3-7,10-11H,1-2H3,(H3,17,19,20,21). The number of esters is 1. The summed E-state index contributed by atoms with van der Waals surface area (Å²) in [6.45, 7) is 1.72. The van der Waals surface area contributed by atoms with Crippen LogP contribution in [-0.2, 0) is 9.53 Å². The van der Waals surface area contributed by atoms with Gasteiger partial charge in [-0.15, -0.1) is 0 Å². The van der Waals surface area contributed by atoms with Gasteiger partial charge in [0.05, 0.1) is 12.7 Å². The zero-order valence-corrected chi connectivity index (χ0v) is 12.7. The minimum Gasteiger partial charge on any atom is -0.468 e. The molecule has 0 saturated heterocycles. The topological polar surface area (TPSA) is 110 Å². The number of fused-ring (bicyclic) bond motifs is 1. The van der Waals surface area contributed by atoms with E-state index in [0.717, 1.165) is 5.56 Å². The van der Waals surface area contributed by atoms with Gasteiger partial charge in [0.2, 0.25) is 5.95 Å². The lowest BCUT2D eigenvalue weighted by Crippen LogP contribution is -2.36. The molecule has 0 spiro atoms. The van der Waals surface area contributed by atoms with Crippen LogP contribution in [0, 0.1) is 5.92 Å². The van der Waals surface area contributed by atoms with Gasteiger partial charge in [-0.05, 0) is 12.5 Å². The summed E-state index contributed by atoms with van der Waals surface area (Å²) < 4.78 is 4.91. The fraction of sp³-hybridized carbons (Fsp3) is 0.250. The molecule has 2 unspecified atom stereocenters. The molecule has 0 bridgehead atoms. The Labute approximate surface area is 132 Å². The second-order valence-corrected chi connectivity index (χ2v) is 5.33. The van der Waals surface area contributed by atoms with E-state index in [0.29, 0.717) is 11.3 Å². The number of anilines is 1. The highest BCUT2D eigenvalue weighted by Gasteiger charge is 2.40. The number of nitrogen functional groups attached to an aromatic ring is 1. The zero-order chi connectivity index (χ0) is 16.6. The number of carbonyl (C=O) groups is 1. The second-order valence-electron chi connectivity index (χ2n) is 5.33. The number of rotatable bonds is 2. The first-order valence-corrected chi connectivity index (χ1v) is 7.10. The quantitative estimate of drug-likeness (QED) is 0.814. The van der Waals surface area contributed by atoms with Crippen LogP contribution in [0.25, 0.3) is 0 Å². The summed E-state index contributed by atoms with van der Waals surface area (Å²) in [5, 5.41) is 0. The molecule has 0 aliphatic carbocycles. The maximum absolute atomic E-state index is 12.4. The molecule has 1 aliphatic heterocycles. The van der Waals surface area contributed by atoms with E-state index in [2.05, 4.69) is 15.0 Å². The van der Waals surface area contributed by atoms with Gasteiger partial charge in [0.15, 0.2) is 5.82 Å². The number of nitrogens with two attached hydrogens (primary N) is 1. The van der Waals surface area contributed by atoms with E-state index in [9.17, 15) is 9.59 Å². The highest BCUT2D eigenvalue weighted by atomic mass is 16.5. The molecule has 23 heavy (non-hydrogen) atoms. The summed E-state index contributed by atoms with van der Waals surface area (Å²) in [4.78, 5) is 35.6. The number of aromatic nitrogens is 2. The summed E-state index contributed by atoms with van der Waals surface area (Å²) in [5.41, 5.74) is 6.89. The second kappa shape index (κ2) is 5.68. The minimum atomic E-state index is -0.679. The number of methoxy groups -OCH3 is 1. The number of aliphatic imine (C=N–C) groups is 1. The van der Waals surface area contributed by atoms with Crippen LogP contribution in [0.5, 0.6) is 0 Å². The Bertz CT molecular complexity index is 842. The van der Waals surface area contributed by atoms with Crippen LogP contribution in [0.1, 0.15) is 24.0 Å². The number of aromatic amines is 1. The molecular weight excluding hydrogens is 296 g/mol. The highest BCUT2D eigenvalue weighted by Crippen LogP contribution is 2.40. The number of nitrogens with one attached hydrogen (secondary N) is 1. The highest BCUT2D eigenvalue weighted by molar-refractivity contribution is 6.04. The molecule has 1 aromatic heterocycles. The van der Waals surface area contributed by atoms with Crippen molar-refractivity contribution in [2.75, 3.05) is 12.8 Å². The maximum atomic E-state index is 12.4. The summed E-state index contributed by atoms with van der Waals surface area (Å²) in [5.74, 6) is -1.40. The Morgan fingerprint density at radius 1 is 1.30 bits per heavy atom. The molecule has 0 radical (unpaired) electrons. The maximum Gasteiger partial charge on any atom is 0.315 e. The normalized spacial score (nSPS) is 19.7. The summed E-state index contributed by atoms with van der Waals surface area (Å²) >= 11 is 0. The van der Waals surface area contributed by atoms with Crippen LogP contribution in [0.15, 0.2) is 40.1 Å². The lowest BCUT2D eigenvalue weighted by molar-refractivity contribution is -0.143. The van der Waals surface area contributed by atoms with Gasteiger partial charge in [0.25, 0.3) is 5.56 Å². The van der Waals surface area contributed by atoms with Crippen LogP contribution in [-0.4, -0.2) is 28.8 Å². The van der Waals surface area contributed by atoms with Gasteiger partial charge in [0, 0.05) is 11.6 Å². The molecule has 3 N–H and O–H groups in total. The summed E-state index contributed by atoms with van der Waals surface area (Å²) in [6.07, 6.45) is 0. The number of hydrogen-bond acceptors (Lipinski definition) is 6. The minimum absolute atomic E-state index is 0.00590. The molecule has 2 heterocycles. The Kier molecular flexibility index (Phi) is 3.69. The third kappa shape index (κ3) is 2.50. The fourth-order valence-corrected chi connectivity index (χ4v) is 2.95. The van der Waals surface area contributed by atoms with Crippen molar-refractivity contribution in [1.29, 1.82) is 0 Å². The van der Waals surface area contributed by atoms with Gasteiger partial charge in [-0.1, -0.05) is 30.3 Å². The summed E-state index contributed by atoms with van der Waals surface area (Å²) in [7, 11) is 1.32. The smallest absolute Gasteiger partial charge is 0.315 e. The Morgan fingerprint density at radius 2 is 2.00 bits per heavy atom. The average molecular weight is 312 g/mol. The van der Waals surface area contributed by atoms with E-state index in [-0.39, 0.29) is 11.8 Å². The molecule has 7 heteroatoms. The van der Waals surface area contributed by atoms with Crippen molar-refractivity contribution in [1.82, 2.24) is 9.97 Å². The summed E-state index contributed by atoms with van der Waals surface area (Å²) in [6, 6.07) is 9.29. The third-order valence-electron chi connectivity index (χ3n) is 3.94. The van der Waals surface area contributed by atoms with Crippen molar-refractivity contribution in [3.8, 4) is 0 Å². The lowest BCUT2D eigenvalue weighted by Gasteiger charge is -2.29. The van der Waals surface area contributed by atoms with E-state index in [1.165, 1.54) is 7.11 Å². The van der Waals surface area contributed by atoms with Crippen molar-refractivity contribution in [3.05, 3.63) is 51.8 Å². The Hall–Kier alpha value is -2.96. The third-order valence-corrected chi connectivity index (χ3v) is 3.94. The largest absolute Gasteiger partial charge is 0.468 e. The van der Waals surface area contributed by atoms with Gasteiger partial charge in [-0.25, -0.2) is 4.99 Å². The molecule has 2 aromatic rings. The predicted octanol–water partition coefficient (Wildman–Crippen LogP) is 1.38. The first-order chi connectivity index (χ1) is 11.0. The van der Waals surface area contributed by atoms with E-state index >= 15 is 0 Å². The molecule has 0 fully saturated rings. The number of benzene rings is 1. The van der Waals surface area contributed by atoms with Crippen LogP contribution in [0.4, 0.5) is 11.8 Å². The number of nitrogens with zero attached hydrogens (tertiary/aromatic N) is 2. The van der Waals surface area contributed by atoms with Crippen LogP contribution < -0.4 is 11.3 Å². The zero-order valence-electron chi connectivity index (χ0n) is 12.7.